The quantitative estimate of drug-likeness (QED) is 0.821. The molecule has 1 aromatic rings. The molecule has 0 aromatic heterocycles. The van der Waals surface area contributed by atoms with Crippen molar-refractivity contribution in [1.29, 1.82) is 0 Å². The zero-order valence-electron chi connectivity index (χ0n) is 12.5. The Morgan fingerprint density at radius 3 is 2.71 bits per heavy atom. The van der Waals surface area contributed by atoms with Crippen molar-refractivity contribution in [2.75, 3.05) is 26.6 Å². The Morgan fingerprint density at radius 2 is 2.05 bits per heavy atom. The van der Waals surface area contributed by atoms with Crippen LogP contribution in [0.25, 0.3) is 0 Å². The molecule has 116 valence electrons. The number of carbonyl (C=O) groups excluding carboxylic acids is 1. The van der Waals surface area contributed by atoms with Crippen LogP contribution in [0.1, 0.15) is 29.6 Å². The van der Waals surface area contributed by atoms with Gasteiger partial charge in [-0.3, -0.25) is 4.79 Å². The summed E-state index contributed by atoms with van der Waals surface area (Å²) < 4.78 is 10.5. The van der Waals surface area contributed by atoms with Gasteiger partial charge in [0, 0.05) is 12.4 Å². The van der Waals surface area contributed by atoms with Crippen molar-refractivity contribution < 1.29 is 14.3 Å². The van der Waals surface area contributed by atoms with Crippen molar-refractivity contribution >= 4 is 17.5 Å². The third-order valence-corrected chi connectivity index (χ3v) is 4.58. The number of hydrogen-bond donors (Lipinski definition) is 1. The van der Waals surface area contributed by atoms with Gasteiger partial charge in [-0.25, -0.2) is 0 Å². The van der Waals surface area contributed by atoms with E-state index in [9.17, 15) is 4.79 Å². The number of benzene rings is 1. The molecule has 0 aliphatic heterocycles. The molecule has 4 nitrogen and oxygen atoms in total. The van der Waals surface area contributed by atoms with Crippen molar-refractivity contribution in [3.63, 3.8) is 0 Å². The van der Waals surface area contributed by atoms with Crippen LogP contribution in [0.4, 0.5) is 0 Å². The Morgan fingerprint density at radius 1 is 1.29 bits per heavy atom. The topological polar surface area (TPSA) is 47.6 Å². The maximum Gasteiger partial charge on any atom is 0.255 e. The number of para-hydroxylation sites is 1. The van der Waals surface area contributed by atoms with Gasteiger partial charge in [0.05, 0.1) is 19.8 Å². The second kappa shape index (κ2) is 7.55. The van der Waals surface area contributed by atoms with Crippen LogP contribution in [0.3, 0.4) is 0 Å². The van der Waals surface area contributed by atoms with E-state index in [1.54, 1.807) is 25.3 Å². The van der Waals surface area contributed by atoms with Crippen LogP contribution in [0, 0.1) is 11.8 Å². The second-order valence-electron chi connectivity index (χ2n) is 5.36. The van der Waals surface area contributed by atoms with Crippen LogP contribution in [-0.4, -0.2) is 32.6 Å². The molecular formula is C16H22ClNO3. The molecule has 2 rings (SSSR count). The highest BCUT2D eigenvalue weighted by Crippen LogP contribution is 2.33. The molecule has 0 heterocycles. The monoisotopic (exact) mass is 311 g/mol. The summed E-state index contributed by atoms with van der Waals surface area (Å²) in [6.07, 6.45) is 3.49. The highest BCUT2D eigenvalue weighted by atomic mass is 35.5. The van der Waals surface area contributed by atoms with Crippen LogP contribution >= 0.6 is 11.6 Å². The van der Waals surface area contributed by atoms with E-state index in [0.29, 0.717) is 41.3 Å². The van der Waals surface area contributed by atoms with Crippen molar-refractivity contribution in [3.8, 4) is 11.5 Å². The number of carbonyl (C=O) groups is 1. The Hall–Kier alpha value is -1.42. The first-order chi connectivity index (χ1) is 10.2. The van der Waals surface area contributed by atoms with Crippen molar-refractivity contribution in [1.82, 2.24) is 5.32 Å². The first-order valence-electron chi connectivity index (χ1n) is 7.26. The van der Waals surface area contributed by atoms with Crippen LogP contribution in [0.15, 0.2) is 18.2 Å². The standard InChI is InChI=1S/C16H22ClNO3/c1-20-14-8-4-7-13(15(14)21-2)16(19)18-10-12-6-3-5-11(12)9-17/h4,7-8,11-12H,3,5-6,9-10H2,1-2H3,(H,18,19). The molecule has 1 aliphatic carbocycles. The third kappa shape index (κ3) is 3.62. The third-order valence-electron chi connectivity index (χ3n) is 4.19. The van der Waals surface area contributed by atoms with Crippen molar-refractivity contribution in [3.05, 3.63) is 23.8 Å². The molecule has 0 bridgehead atoms. The summed E-state index contributed by atoms with van der Waals surface area (Å²) in [4.78, 5) is 12.4. The number of hydrogen-bond acceptors (Lipinski definition) is 3. The summed E-state index contributed by atoms with van der Waals surface area (Å²) in [6, 6.07) is 5.30. The van der Waals surface area contributed by atoms with E-state index < -0.39 is 0 Å². The fourth-order valence-electron chi connectivity index (χ4n) is 2.97. The number of nitrogens with one attached hydrogen (secondary N) is 1. The molecule has 21 heavy (non-hydrogen) atoms. The number of ether oxygens (including phenoxy) is 2. The fraction of sp³-hybridized carbons (Fsp3) is 0.562. The summed E-state index contributed by atoms with van der Waals surface area (Å²) in [5, 5.41) is 3.00. The first kappa shape index (κ1) is 16.0. The Bertz CT molecular complexity index is 492. The zero-order chi connectivity index (χ0) is 15.2. The van der Waals surface area contributed by atoms with Crippen molar-refractivity contribution in [2.45, 2.75) is 19.3 Å². The molecule has 2 unspecified atom stereocenters. The van der Waals surface area contributed by atoms with E-state index in [-0.39, 0.29) is 5.91 Å². The average molecular weight is 312 g/mol. The van der Waals surface area contributed by atoms with Crippen molar-refractivity contribution in [2.24, 2.45) is 11.8 Å². The first-order valence-corrected chi connectivity index (χ1v) is 7.79. The molecule has 5 heteroatoms. The normalized spacial score (nSPS) is 21.1. The van der Waals surface area contributed by atoms with Gasteiger partial charge in [0.15, 0.2) is 11.5 Å². The largest absolute Gasteiger partial charge is 0.493 e. The molecule has 1 amide bonds. The minimum Gasteiger partial charge on any atom is -0.493 e. The summed E-state index contributed by atoms with van der Waals surface area (Å²) in [5.41, 5.74) is 0.497. The Labute approximate surface area is 130 Å². The molecule has 2 atom stereocenters. The van der Waals surface area contributed by atoms with Crippen LogP contribution in [-0.2, 0) is 0 Å². The molecule has 1 fully saturated rings. The predicted octanol–water partition coefficient (Wildman–Crippen LogP) is 3.09. The lowest BCUT2D eigenvalue weighted by atomic mass is 9.98. The number of amides is 1. The molecule has 0 radical (unpaired) electrons. The van der Waals surface area contributed by atoms with E-state index in [1.807, 2.05) is 0 Å². The van der Waals surface area contributed by atoms with Gasteiger partial charge in [-0.2, -0.15) is 0 Å². The zero-order valence-corrected chi connectivity index (χ0v) is 13.3. The molecular weight excluding hydrogens is 290 g/mol. The highest BCUT2D eigenvalue weighted by Gasteiger charge is 2.27. The smallest absolute Gasteiger partial charge is 0.255 e. The van der Waals surface area contributed by atoms with Gasteiger partial charge in [-0.05, 0) is 36.8 Å². The minimum atomic E-state index is -0.133. The summed E-state index contributed by atoms with van der Waals surface area (Å²) >= 11 is 5.97. The van der Waals surface area contributed by atoms with E-state index >= 15 is 0 Å². The summed E-state index contributed by atoms with van der Waals surface area (Å²) in [5.74, 6) is 2.55. The highest BCUT2D eigenvalue weighted by molar-refractivity contribution is 6.18. The van der Waals surface area contributed by atoms with Gasteiger partial charge < -0.3 is 14.8 Å². The predicted molar refractivity (Wildman–Crippen MR) is 83.4 cm³/mol. The maximum atomic E-state index is 12.4. The molecule has 1 aliphatic rings. The summed E-state index contributed by atoms with van der Waals surface area (Å²) in [6.45, 7) is 0.663. The lowest BCUT2D eigenvalue weighted by Crippen LogP contribution is -2.31. The number of alkyl halides is 1. The van der Waals surface area contributed by atoms with Crippen LogP contribution in [0.5, 0.6) is 11.5 Å². The van der Waals surface area contributed by atoms with E-state index in [4.69, 9.17) is 21.1 Å². The average Bonchev–Trinajstić information content (AvgIpc) is 2.99. The Kier molecular flexibility index (Phi) is 5.74. The van der Waals surface area contributed by atoms with E-state index in [0.717, 1.165) is 12.8 Å². The molecule has 1 aromatic carbocycles. The maximum absolute atomic E-state index is 12.4. The lowest BCUT2D eigenvalue weighted by Gasteiger charge is -2.18. The van der Waals surface area contributed by atoms with Gasteiger partial charge in [0.2, 0.25) is 0 Å². The van der Waals surface area contributed by atoms with Gasteiger partial charge in [-0.15, -0.1) is 11.6 Å². The molecule has 1 N–H and O–H groups in total. The molecule has 0 spiro atoms. The molecule has 1 saturated carbocycles. The van der Waals surface area contributed by atoms with Crippen LogP contribution < -0.4 is 14.8 Å². The van der Waals surface area contributed by atoms with Gasteiger partial charge >= 0.3 is 0 Å². The van der Waals surface area contributed by atoms with Gasteiger partial charge in [0.1, 0.15) is 0 Å². The lowest BCUT2D eigenvalue weighted by molar-refractivity contribution is 0.0941. The fourth-order valence-corrected chi connectivity index (χ4v) is 3.38. The van der Waals surface area contributed by atoms with E-state index in [2.05, 4.69) is 5.32 Å². The second-order valence-corrected chi connectivity index (χ2v) is 5.67. The number of methoxy groups -OCH3 is 2. The number of halogens is 1. The van der Waals surface area contributed by atoms with Gasteiger partial charge in [0.25, 0.3) is 5.91 Å². The van der Waals surface area contributed by atoms with E-state index in [1.165, 1.54) is 13.5 Å². The Balaban J connectivity index is 2.03. The molecule has 0 saturated heterocycles. The summed E-state index contributed by atoms with van der Waals surface area (Å²) in [7, 11) is 3.10. The van der Waals surface area contributed by atoms with Crippen LogP contribution in [0.2, 0.25) is 0 Å². The van der Waals surface area contributed by atoms with Gasteiger partial charge in [-0.1, -0.05) is 12.5 Å². The number of rotatable bonds is 6. The SMILES string of the molecule is COc1cccc(C(=O)NCC2CCCC2CCl)c1OC. The minimum absolute atomic E-state index is 0.133.